The number of aromatic amines is 1. The second-order valence-electron chi connectivity index (χ2n) is 4.24. The van der Waals surface area contributed by atoms with Crippen LogP contribution in [-0.2, 0) is 6.54 Å². The van der Waals surface area contributed by atoms with Crippen molar-refractivity contribution in [2.75, 3.05) is 14.2 Å². The van der Waals surface area contributed by atoms with Gasteiger partial charge in [-0.2, -0.15) is 0 Å². The van der Waals surface area contributed by atoms with E-state index in [0.29, 0.717) is 17.3 Å². The number of carbonyl (C=O) groups is 1. The number of nitrogens with one attached hydrogen (secondary N) is 1. The third-order valence-corrected chi connectivity index (χ3v) is 3.02. The van der Waals surface area contributed by atoms with Crippen LogP contribution in [0.2, 0.25) is 5.02 Å². The molecule has 2 aromatic rings. The van der Waals surface area contributed by atoms with E-state index in [-0.39, 0.29) is 5.91 Å². The first-order valence-electron chi connectivity index (χ1n) is 5.82. The zero-order valence-corrected chi connectivity index (χ0v) is 11.6. The van der Waals surface area contributed by atoms with Crippen molar-refractivity contribution in [3.8, 4) is 5.75 Å². The summed E-state index contributed by atoms with van der Waals surface area (Å²) < 4.78 is 5.09. The molecule has 0 spiro atoms. The molecule has 0 aliphatic carbocycles. The average Bonchev–Trinajstić information content (AvgIpc) is 2.85. The quantitative estimate of drug-likeness (QED) is 0.934. The summed E-state index contributed by atoms with van der Waals surface area (Å²) in [6.45, 7) is 0.527. The fraction of sp³-hybridized carbons (Fsp3) is 0.214. The molecule has 1 aromatic heterocycles. The number of H-pyrrole nitrogens is 1. The predicted octanol–water partition coefficient (Wildman–Crippen LogP) is 2.95. The highest BCUT2D eigenvalue weighted by atomic mass is 35.5. The standard InChI is InChI=1S/C14H15ClN2O2/c1-17(14(18)13-7-11(15)8-16-13)9-10-3-5-12(19-2)6-4-10/h3-8,16H,9H2,1-2H3. The summed E-state index contributed by atoms with van der Waals surface area (Å²) in [5.41, 5.74) is 1.52. The van der Waals surface area contributed by atoms with Gasteiger partial charge in [-0.15, -0.1) is 0 Å². The van der Waals surface area contributed by atoms with Gasteiger partial charge in [-0.05, 0) is 23.8 Å². The van der Waals surface area contributed by atoms with Crippen molar-refractivity contribution >= 4 is 17.5 Å². The van der Waals surface area contributed by atoms with E-state index in [2.05, 4.69) is 4.98 Å². The average molecular weight is 279 g/mol. The molecule has 0 aliphatic rings. The Labute approximate surface area is 116 Å². The Morgan fingerprint density at radius 1 is 1.37 bits per heavy atom. The first-order chi connectivity index (χ1) is 9.10. The lowest BCUT2D eigenvalue weighted by Gasteiger charge is -2.16. The highest BCUT2D eigenvalue weighted by Crippen LogP contribution is 2.15. The molecule has 1 N–H and O–H groups in total. The van der Waals surface area contributed by atoms with Gasteiger partial charge in [0, 0.05) is 19.8 Å². The van der Waals surface area contributed by atoms with Crippen molar-refractivity contribution in [1.82, 2.24) is 9.88 Å². The van der Waals surface area contributed by atoms with E-state index in [4.69, 9.17) is 16.3 Å². The number of nitrogens with zero attached hydrogens (tertiary/aromatic N) is 1. The Hall–Kier alpha value is -1.94. The van der Waals surface area contributed by atoms with Crippen LogP contribution < -0.4 is 4.74 Å². The number of hydrogen-bond donors (Lipinski definition) is 1. The van der Waals surface area contributed by atoms with Gasteiger partial charge in [0.15, 0.2) is 0 Å². The molecule has 5 heteroatoms. The van der Waals surface area contributed by atoms with Crippen molar-refractivity contribution < 1.29 is 9.53 Å². The van der Waals surface area contributed by atoms with E-state index in [9.17, 15) is 4.79 Å². The molecule has 0 aliphatic heterocycles. The lowest BCUT2D eigenvalue weighted by atomic mass is 10.2. The van der Waals surface area contributed by atoms with Gasteiger partial charge in [-0.25, -0.2) is 0 Å². The summed E-state index contributed by atoms with van der Waals surface area (Å²) in [6.07, 6.45) is 1.59. The van der Waals surface area contributed by atoms with Crippen molar-refractivity contribution in [3.63, 3.8) is 0 Å². The zero-order chi connectivity index (χ0) is 13.8. The monoisotopic (exact) mass is 278 g/mol. The number of benzene rings is 1. The molecule has 2 rings (SSSR count). The molecule has 0 fully saturated rings. The van der Waals surface area contributed by atoms with Gasteiger partial charge in [-0.3, -0.25) is 4.79 Å². The molecule has 4 nitrogen and oxygen atoms in total. The van der Waals surface area contributed by atoms with Crippen molar-refractivity contribution in [2.24, 2.45) is 0 Å². The fourth-order valence-electron chi connectivity index (χ4n) is 1.77. The molecule has 0 radical (unpaired) electrons. The summed E-state index contributed by atoms with van der Waals surface area (Å²) in [7, 11) is 3.38. The molecule has 100 valence electrons. The molecule has 19 heavy (non-hydrogen) atoms. The number of hydrogen-bond acceptors (Lipinski definition) is 2. The largest absolute Gasteiger partial charge is 0.497 e. The van der Waals surface area contributed by atoms with Crippen LogP contribution in [0.1, 0.15) is 16.1 Å². The number of amides is 1. The number of ether oxygens (including phenoxy) is 1. The molecule has 1 aromatic carbocycles. The van der Waals surface area contributed by atoms with Crippen LogP contribution in [0.15, 0.2) is 36.5 Å². The minimum absolute atomic E-state index is 0.0947. The zero-order valence-electron chi connectivity index (χ0n) is 10.8. The molecule has 0 atom stereocenters. The lowest BCUT2D eigenvalue weighted by Crippen LogP contribution is -2.26. The Morgan fingerprint density at radius 2 is 2.05 bits per heavy atom. The maximum atomic E-state index is 12.1. The summed E-state index contributed by atoms with van der Waals surface area (Å²) in [4.78, 5) is 16.6. The van der Waals surface area contributed by atoms with Gasteiger partial charge in [0.2, 0.25) is 0 Å². The van der Waals surface area contributed by atoms with E-state index in [1.54, 1.807) is 31.3 Å². The minimum atomic E-state index is -0.0947. The van der Waals surface area contributed by atoms with E-state index in [1.807, 2.05) is 24.3 Å². The Kier molecular flexibility index (Phi) is 4.12. The van der Waals surface area contributed by atoms with Crippen LogP contribution in [0.4, 0.5) is 0 Å². The summed E-state index contributed by atoms with van der Waals surface area (Å²) in [5.74, 6) is 0.705. The molecule has 1 amide bonds. The minimum Gasteiger partial charge on any atom is -0.497 e. The number of rotatable bonds is 4. The van der Waals surface area contributed by atoms with Crippen molar-refractivity contribution in [3.05, 3.63) is 52.8 Å². The van der Waals surface area contributed by atoms with Crippen molar-refractivity contribution in [1.29, 1.82) is 0 Å². The second kappa shape index (κ2) is 5.80. The first kappa shape index (κ1) is 13.5. The van der Waals surface area contributed by atoms with E-state index < -0.39 is 0 Å². The molecule has 1 heterocycles. The molecular formula is C14H15ClN2O2. The van der Waals surface area contributed by atoms with Gasteiger partial charge >= 0.3 is 0 Å². The highest BCUT2D eigenvalue weighted by Gasteiger charge is 2.13. The topological polar surface area (TPSA) is 45.3 Å². The van der Waals surface area contributed by atoms with E-state index >= 15 is 0 Å². The second-order valence-corrected chi connectivity index (χ2v) is 4.68. The third kappa shape index (κ3) is 3.29. The molecule has 0 bridgehead atoms. The number of methoxy groups -OCH3 is 1. The van der Waals surface area contributed by atoms with Gasteiger partial charge < -0.3 is 14.6 Å². The normalized spacial score (nSPS) is 10.3. The molecule has 0 saturated carbocycles. The maximum absolute atomic E-state index is 12.1. The van der Waals surface area contributed by atoms with Gasteiger partial charge in [0.25, 0.3) is 5.91 Å². The predicted molar refractivity (Wildman–Crippen MR) is 74.6 cm³/mol. The SMILES string of the molecule is COc1ccc(CN(C)C(=O)c2cc(Cl)c[nH]2)cc1. The Morgan fingerprint density at radius 3 is 2.58 bits per heavy atom. The van der Waals surface area contributed by atoms with E-state index in [1.165, 1.54) is 0 Å². The van der Waals surface area contributed by atoms with Gasteiger partial charge in [0.05, 0.1) is 12.1 Å². The van der Waals surface area contributed by atoms with Gasteiger partial charge in [-0.1, -0.05) is 23.7 Å². The smallest absolute Gasteiger partial charge is 0.270 e. The van der Waals surface area contributed by atoms with E-state index in [0.717, 1.165) is 11.3 Å². The van der Waals surface area contributed by atoms with Crippen LogP contribution in [-0.4, -0.2) is 29.9 Å². The van der Waals surface area contributed by atoms with Crippen LogP contribution >= 0.6 is 11.6 Å². The van der Waals surface area contributed by atoms with Crippen LogP contribution in [0.25, 0.3) is 0 Å². The number of aromatic nitrogens is 1. The summed E-state index contributed by atoms with van der Waals surface area (Å²) >= 11 is 5.79. The van der Waals surface area contributed by atoms with Crippen LogP contribution in [0.5, 0.6) is 5.75 Å². The van der Waals surface area contributed by atoms with Crippen LogP contribution in [0, 0.1) is 0 Å². The maximum Gasteiger partial charge on any atom is 0.270 e. The van der Waals surface area contributed by atoms with Crippen LogP contribution in [0.3, 0.4) is 0 Å². The van der Waals surface area contributed by atoms with Crippen molar-refractivity contribution in [2.45, 2.75) is 6.54 Å². The first-order valence-corrected chi connectivity index (χ1v) is 6.20. The lowest BCUT2D eigenvalue weighted by molar-refractivity contribution is 0.0780. The Bertz CT molecular complexity index is 563. The fourth-order valence-corrected chi connectivity index (χ4v) is 1.94. The molecule has 0 unspecified atom stereocenters. The van der Waals surface area contributed by atoms with Gasteiger partial charge in [0.1, 0.15) is 11.4 Å². The highest BCUT2D eigenvalue weighted by molar-refractivity contribution is 6.30. The molecule has 0 saturated heterocycles. The third-order valence-electron chi connectivity index (χ3n) is 2.80. The number of halogens is 1. The summed E-state index contributed by atoms with van der Waals surface area (Å²) in [6, 6.07) is 9.24. The molecular weight excluding hydrogens is 264 g/mol. The Balaban J connectivity index is 2.03. The number of carbonyl (C=O) groups excluding carboxylic acids is 1. The summed E-state index contributed by atoms with van der Waals surface area (Å²) in [5, 5.41) is 0.529.